The van der Waals surface area contributed by atoms with Crippen molar-refractivity contribution in [1.29, 1.82) is 0 Å². The first kappa shape index (κ1) is 19.5. The molecule has 3 nitrogen and oxygen atoms in total. The Kier molecular flexibility index (Phi) is 5.69. The summed E-state index contributed by atoms with van der Waals surface area (Å²) in [7, 11) is 0. The molecule has 0 bridgehead atoms. The molecule has 2 aromatic carbocycles. The van der Waals surface area contributed by atoms with Crippen LogP contribution in [0.5, 0.6) is 0 Å². The van der Waals surface area contributed by atoms with Gasteiger partial charge in [0.25, 0.3) is 5.91 Å². The highest BCUT2D eigenvalue weighted by Gasteiger charge is 2.29. The average molecular weight is 417 g/mol. The number of amides is 1. The average Bonchev–Trinajstić information content (AvgIpc) is 3.25. The van der Waals surface area contributed by atoms with E-state index in [0.29, 0.717) is 0 Å². The van der Waals surface area contributed by atoms with Gasteiger partial charge in [0, 0.05) is 31.1 Å². The summed E-state index contributed by atoms with van der Waals surface area (Å²) < 4.78 is 0. The summed E-state index contributed by atoms with van der Waals surface area (Å²) in [5.74, 6) is 0.227. The molecule has 5 rings (SSSR count). The number of piperazine rings is 1. The van der Waals surface area contributed by atoms with Crippen molar-refractivity contribution in [1.82, 2.24) is 9.80 Å². The van der Waals surface area contributed by atoms with Crippen molar-refractivity contribution in [3.63, 3.8) is 0 Å². The van der Waals surface area contributed by atoms with E-state index < -0.39 is 0 Å². The van der Waals surface area contributed by atoms with Gasteiger partial charge in [-0.05, 0) is 48.4 Å². The largest absolute Gasteiger partial charge is 0.335 e. The normalized spacial score (nSPS) is 17.2. The van der Waals surface area contributed by atoms with Gasteiger partial charge in [0.2, 0.25) is 0 Å². The van der Waals surface area contributed by atoms with E-state index in [-0.39, 0.29) is 11.9 Å². The predicted octanol–water partition coefficient (Wildman–Crippen LogP) is 5.17. The van der Waals surface area contributed by atoms with Crippen LogP contribution in [0.1, 0.15) is 50.1 Å². The number of rotatable bonds is 4. The molecule has 3 aromatic rings. The first-order chi connectivity index (χ1) is 14.8. The second-order valence-electron chi connectivity index (χ2n) is 8.32. The first-order valence-electron chi connectivity index (χ1n) is 11.0. The minimum atomic E-state index is 0.227. The third-order valence-corrected chi connectivity index (χ3v) is 7.63. The van der Waals surface area contributed by atoms with Crippen LogP contribution in [-0.2, 0) is 12.8 Å². The predicted molar refractivity (Wildman–Crippen MR) is 123 cm³/mol. The smallest absolute Gasteiger partial charge is 0.264 e. The lowest BCUT2D eigenvalue weighted by Gasteiger charge is -2.39. The van der Waals surface area contributed by atoms with E-state index in [1.165, 1.54) is 34.4 Å². The van der Waals surface area contributed by atoms with Gasteiger partial charge in [0.15, 0.2) is 0 Å². The standard InChI is InChI=1S/C26H28N2OS/c29-26(24-19-22-13-7-8-14-23(22)30-24)28-17-15-27(16-18-28)25(20-9-3-1-4-10-20)21-11-5-2-6-12-21/h1-6,9-12,19,25H,7-8,13-18H2. The Balaban J connectivity index is 1.31. The van der Waals surface area contributed by atoms with Gasteiger partial charge in [-0.15, -0.1) is 11.3 Å². The summed E-state index contributed by atoms with van der Waals surface area (Å²) in [4.78, 5) is 20.1. The molecular weight excluding hydrogens is 388 g/mol. The van der Waals surface area contributed by atoms with Crippen LogP contribution < -0.4 is 0 Å². The molecule has 1 aromatic heterocycles. The Labute approximate surface area is 183 Å². The first-order valence-corrected chi connectivity index (χ1v) is 11.9. The molecular formula is C26H28N2OS. The van der Waals surface area contributed by atoms with E-state index in [4.69, 9.17) is 0 Å². The van der Waals surface area contributed by atoms with Gasteiger partial charge in [-0.25, -0.2) is 0 Å². The molecule has 154 valence electrons. The van der Waals surface area contributed by atoms with E-state index in [9.17, 15) is 4.79 Å². The van der Waals surface area contributed by atoms with Crippen molar-refractivity contribution < 1.29 is 4.79 Å². The van der Waals surface area contributed by atoms with E-state index in [1.807, 2.05) is 0 Å². The van der Waals surface area contributed by atoms with Gasteiger partial charge in [-0.2, -0.15) is 0 Å². The van der Waals surface area contributed by atoms with Crippen LogP contribution in [0, 0.1) is 0 Å². The fourth-order valence-electron chi connectivity index (χ4n) is 4.82. The number of carbonyl (C=O) groups excluding carboxylic acids is 1. The van der Waals surface area contributed by atoms with Crippen LogP contribution in [0.15, 0.2) is 66.7 Å². The Hall–Kier alpha value is -2.43. The zero-order valence-corrected chi connectivity index (χ0v) is 18.1. The van der Waals surface area contributed by atoms with E-state index in [2.05, 4.69) is 76.5 Å². The minimum Gasteiger partial charge on any atom is -0.335 e. The minimum absolute atomic E-state index is 0.227. The third kappa shape index (κ3) is 3.94. The lowest BCUT2D eigenvalue weighted by Crippen LogP contribution is -2.49. The molecule has 2 heterocycles. The number of carbonyl (C=O) groups is 1. The number of nitrogens with zero attached hydrogens (tertiary/aromatic N) is 2. The highest BCUT2D eigenvalue weighted by molar-refractivity contribution is 7.14. The monoisotopic (exact) mass is 416 g/mol. The lowest BCUT2D eigenvalue weighted by atomic mass is 9.96. The number of benzene rings is 2. The molecule has 0 unspecified atom stereocenters. The molecule has 2 aliphatic rings. The summed E-state index contributed by atoms with van der Waals surface area (Å²) in [6.45, 7) is 3.37. The van der Waals surface area contributed by atoms with Crippen molar-refractivity contribution in [2.24, 2.45) is 0 Å². The van der Waals surface area contributed by atoms with E-state index >= 15 is 0 Å². The van der Waals surface area contributed by atoms with Crippen molar-refractivity contribution in [3.8, 4) is 0 Å². The topological polar surface area (TPSA) is 23.6 Å². The quantitative estimate of drug-likeness (QED) is 0.585. The summed E-state index contributed by atoms with van der Waals surface area (Å²) in [6, 6.07) is 23.9. The molecule has 1 fully saturated rings. The number of hydrogen-bond acceptors (Lipinski definition) is 3. The van der Waals surface area contributed by atoms with Crippen molar-refractivity contribution in [3.05, 3.63) is 93.2 Å². The van der Waals surface area contributed by atoms with Gasteiger partial charge in [-0.1, -0.05) is 60.7 Å². The summed E-state index contributed by atoms with van der Waals surface area (Å²) in [5, 5.41) is 0. The molecule has 0 N–H and O–H groups in total. The zero-order chi connectivity index (χ0) is 20.3. The van der Waals surface area contributed by atoms with Gasteiger partial charge in [-0.3, -0.25) is 9.69 Å². The molecule has 0 spiro atoms. The number of aryl methyl sites for hydroxylation is 2. The number of fused-ring (bicyclic) bond motifs is 1. The molecule has 0 radical (unpaired) electrons. The molecule has 4 heteroatoms. The maximum absolute atomic E-state index is 13.2. The fourth-order valence-corrected chi connectivity index (χ4v) is 6.04. The molecule has 1 aliphatic carbocycles. The maximum atomic E-state index is 13.2. The van der Waals surface area contributed by atoms with Crippen LogP contribution in [0.25, 0.3) is 0 Å². The van der Waals surface area contributed by atoms with Gasteiger partial charge in [0.1, 0.15) is 0 Å². The number of thiophene rings is 1. The second-order valence-corrected chi connectivity index (χ2v) is 9.45. The zero-order valence-electron chi connectivity index (χ0n) is 17.3. The summed E-state index contributed by atoms with van der Waals surface area (Å²) in [6.07, 6.45) is 4.82. The Morgan fingerprint density at radius 3 is 2.00 bits per heavy atom. The lowest BCUT2D eigenvalue weighted by molar-refractivity contribution is 0.0602. The van der Waals surface area contributed by atoms with Crippen LogP contribution in [0.3, 0.4) is 0 Å². The van der Waals surface area contributed by atoms with Gasteiger partial charge >= 0.3 is 0 Å². The molecule has 0 atom stereocenters. The molecule has 0 saturated carbocycles. The second kappa shape index (κ2) is 8.75. The van der Waals surface area contributed by atoms with Crippen molar-refractivity contribution in [2.45, 2.75) is 31.7 Å². The fraction of sp³-hybridized carbons (Fsp3) is 0.346. The van der Waals surface area contributed by atoms with Crippen LogP contribution in [0.2, 0.25) is 0 Å². The SMILES string of the molecule is O=C(c1cc2c(s1)CCCC2)N1CCN(C(c2ccccc2)c2ccccc2)CC1. The van der Waals surface area contributed by atoms with Crippen molar-refractivity contribution in [2.75, 3.05) is 26.2 Å². The van der Waals surface area contributed by atoms with E-state index in [1.54, 1.807) is 11.3 Å². The van der Waals surface area contributed by atoms with Gasteiger partial charge < -0.3 is 4.90 Å². The Morgan fingerprint density at radius 2 is 1.40 bits per heavy atom. The highest BCUT2D eigenvalue weighted by atomic mass is 32.1. The molecule has 1 amide bonds. The number of hydrogen-bond donors (Lipinski definition) is 0. The molecule has 30 heavy (non-hydrogen) atoms. The Morgan fingerprint density at radius 1 is 0.800 bits per heavy atom. The van der Waals surface area contributed by atoms with E-state index in [0.717, 1.165) is 43.9 Å². The van der Waals surface area contributed by atoms with Crippen LogP contribution in [0.4, 0.5) is 0 Å². The van der Waals surface area contributed by atoms with Crippen LogP contribution >= 0.6 is 11.3 Å². The summed E-state index contributed by atoms with van der Waals surface area (Å²) >= 11 is 1.73. The highest BCUT2D eigenvalue weighted by Crippen LogP contribution is 2.32. The Bertz CT molecular complexity index is 927. The van der Waals surface area contributed by atoms with Crippen LogP contribution in [-0.4, -0.2) is 41.9 Å². The molecule has 1 saturated heterocycles. The van der Waals surface area contributed by atoms with Gasteiger partial charge in [0.05, 0.1) is 10.9 Å². The molecule has 1 aliphatic heterocycles. The summed E-state index contributed by atoms with van der Waals surface area (Å²) in [5.41, 5.74) is 4.05. The van der Waals surface area contributed by atoms with Crippen molar-refractivity contribution >= 4 is 17.2 Å². The third-order valence-electron chi connectivity index (χ3n) is 6.40. The maximum Gasteiger partial charge on any atom is 0.264 e.